The number of benzene rings is 1. The third kappa shape index (κ3) is 3.17. The number of unbranched alkanes of at least 4 members (excludes halogenated alkanes) is 1. The smallest absolute Gasteiger partial charge is 0.124 e. The van der Waals surface area contributed by atoms with Crippen molar-refractivity contribution in [3.05, 3.63) is 29.6 Å². The summed E-state index contributed by atoms with van der Waals surface area (Å²) >= 11 is 4.93. The lowest BCUT2D eigenvalue weighted by atomic mass is 10.1. The van der Waals surface area contributed by atoms with E-state index in [-0.39, 0.29) is 10.8 Å². The van der Waals surface area contributed by atoms with Gasteiger partial charge in [0, 0.05) is 24.8 Å². The average molecular weight is 240 g/mol. The summed E-state index contributed by atoms with van der Waals surface area (Å²) in [4.78, 5) is 2.29. The molecule has 0 aliphatic heterocycles. The van der Waals surface area contributed by atoms with Crippen LogP contribution < -0.4 is 10.6 Å². The first kappa shape index (κ1) is 12.9. The molecule has 88 valence electrons. The molecule has 0 saturated carbocycles. The van der Waals surface area contributed by atoms with Crippen LogP contribution in [0.1, 0.15) is 25.3 Å². The average Bonchev–Trinajstić information content (AvgIpc) is 2.25. The van der Waals surface area contributed by atoms with Crippen molar-refractivity contribution >= 4 is 22.9 Å². The van der Waals surface area contributed by atoms with Crippen molar-refractivity contribution in [1.29, 1.82) is 0 Å². The number of halogens is 1. The summed E-state index contributed by atoms with van der Waals surface area (Å²) in [6, 6.07) is 4.54. The second-order valence-electron chi connectivity index (χ2n) is 3.80. The molecule has 0 aliphatic rings. The topological polar surface area (TPSA) is 29.3 Å². The van der Waals surface area contributed by atoms with Crippen LogP contribution in [0.4, 0.5) is 10.1 Å². The van der Waals surface area contributed by atoms with E-state index in [4.69, 9.17) is 18.0 Å². The Labute approximate surface area is 101 Å². The van der Waals surface area contributed by atoms with Gasteiger partial charge in [0.25, 0.3) is 0 Å². The molecule has 0 unspecified atom stereocenters. The van der Waals surface area contributed by atoms with Gasteiger partial charge < -0.3 is 10.6 Å². The molecule has 1 aromatic carbocycles. The van der Waals surface area contributed by atoms with Crippen molar-refractivity contribution in [2.24, 2.45) is 5.73 Å². The Morgan fingerprint density at radius 1 is 1.50 bits per heavy atom. The van der Waals surface area contributed by atoms with Gasteiger partial charge in [0.05, 0.1) is 0 Å². The van der Waals surface area contributed by atoms with Crippen molar-refractivity contribution in [3.63, 3.8) is 0 Å². The fraction of sp³-hybridized carbons (Fsp3) is 0.417. The Bertz CT molecular complexity index is 379. The largest absolute Gasteiger partial charge is 0.389 e. The van der Waals surface area contributed by atoms with E-state index in [9.17, 15) is 4.39 Å². The van der Waals surface area contributed by atoms with Crippen molar-refractivity contribution < 1.29 is 4.39 Å². The molecule has 0 atom stereocenters. The molecule has 0 aromatic heterocycles. The number of rotatable bonds is 5. The Balaban J connectivity index is 2.98. The minimum atomic E-state index is -0.310. The van der Waals surface area contributed by atoms with Gasteiger partial charge in [-0.25, -0.2) is 4.39 Å². The zero-order chi connectivity index (χ0) is 12.1. The molecule has 0 aliphatic carbocycles. The van der Waals surface area contributed by atoms with Crippen LogP contribution in [-0.2, 0) is 0 Å². The second kappa shape index (κ2) is 5.80. The standard InChI is InChI=1S/C12H17FN2S/c1-3-4-7-15(2)11-6-5-9(13)8-10(11)12(14)16/h5-6,8H,3-4,7H2,1-2H3,(H2,14,16). The zero-order valence-electron chi connectivity index (χ0n) is 9.66. The lowest BCUT2D eigenvalue weighted by Crippen LogP contribution is -2.23. The Morgan fingerprint density at radius 3 is 2.75 bits per heavy atom. The van der Waals surface area contributed by atoms with Gasteiger partial charge in [0.1, 0.15) is 10.8 Å². The predicted octanol–water partition coefficient (Wildman–Crippen LogP) is 2.70. The summed E-state index contributed by atoms with van der Waals surface area (Å²) < 4.78 is 13.1. The Hall–Kier alpha value is -1.16. The maximum atomic E-state index is 13.1. The fourth-order valence-electron chi connectivity index (χ4n) is 1.55. The highest BCUT2D eigenvalue weighted by Crippen LogP contribution is 2.21. The van der Waals surface area contributed by atoms with Gasteiger partial charge in [-0.15, -0.1) is 0 Å². The van der Waals surface area contributed by atoms with E-state index in [1.54, 1.807) is 6.07 Å². The van der Waals surface area contributed by atoms with E-state index < -0.39 is 0 Å². The molecular weight excluding hydrogens is 223 g/mol. The molecule has 1 aromatic rings. The molecule has 2 N–H and O–H groups in total. The molecule has 0 bridgehead atoms. The molecule has 4 heteroatoms. The Morgan fingerprint density at radius 2 is 2.19 bits per heavy atom. The second-order valence-corrected chi connectivity index (χ2v) is 4.24. The van der Waals surface area contributed by atoms with E-state index in [0.717, 1.165) is 25.1 Å². The van der Waals surface area contributed by atoms with Crippen molar-refractivity contribution in [1.82, 2.24) is 0 Å². The summed E-state index contributed by atoms with van der Waals surface area (Å²) in [5.74, 6) is -0.310. The number of anilines is 1. The minimum absolute atomic E-state index is 0.234. The molecule has 0 fully saturated rings. The maximum Gasteiger partial charge on any atom is 0.124 e. The molecule has 0 amide bonds. The van der Waals surface area contributed by atoms with Gasteiger partial charge in [-0.3, -0.25) is 0 Å². The van der Waals surface area contributed by atoms with Crippen molar-refractivity contribution in [3.8, 4) is 0 Å². The van der Waals surface area contributed by atoms with Crippen molar-refractivity contribution in [2.45, 2.75) is 19.8 Å². The van der Waals surface area contributed by atoms with E-state index in [1.807, 2.05) is 7.05 Å². The van der Waals surface area contributed by atoms with Crippen LogP contribution in [0.5, 0.6) is 0 Å². The van der Waals surface area contributed by atoms with Crippen LogP contribution in [0.3, 0.4) is 0 Å². The highest BCUT2D eigenvalue weighted by molar-refractivity contribution is 7.80. The number of nitrogens with zero attached hydrogens (tertiary/aromatic N) is 1. The lowest BCUT2D eigenvalue weighted by molar-refractivity contribution is 0.627. The van der Waals surface area contributed by atoms with E-state index in [2.05, 4.69) is 11.8 Å². The van der Waals surface area contributed by atoms with Crippen LogP contribution >= 0.6 is 12.2 Å². The van der Waals surface area contributed by atoms with Crippen LogP contribution in [0, 0.1) is 5.82 Å². The Kier molecular flexibility index (Phi) is 4.68. The fourth-order valence-corrected chi connectivity index (χ4v) is 1.72. The first-order valence-corrected chi connectivity index (χ1v) is 5.77. The van der Waals surface area contributed by atoms with Gasteiger partial charge in [-0.2, -0.15) is 0 Å². The molecule has 0 saturated heterocycles. The monoisotopic (exact) mass is 240 g/mol. The SMILES string of the molecule is CCCCN(C)c1ccc(F)cc1C(N)=S. The summed E-state index contributed by atoms with van der Waals surface area (Å²) in [7, 11) is 1.96. The van der Waals surface area contributed by atoms with Gasteiger partial charge in [0.2, 0.25) is 0 Å². The molecule has 0 spiro atoms. The highest BCUT2D eigenvalue weighted by Gasteiger charge is 2.10. The lowest BCUT2D eigenvalue weighted by Gasteiger charge is -2.21. The molecule has 0 radical (unpaired) electrons. The van der Waals surface area contributed by atoms with Gasteiger partial charge in [-0.1, -0.05) is 25.6 Å². The van der Waals surface area contributed by atoms with E-state index >= 15 is 0 Å². The number of thiocarbonyl (C=S) groups is 1. The van der Waals surface area contributed by atoms with Crippen LogP contribution in [0.15, 0.2) is 18.2 Å². The maximum absolute atomic E-state index is 13.1. The number of nitrogens with two attached hydrogens (primary N) is 1. The van der Waals surface area contributed by atoms with Gasteiger partial charge >= 0.3 is 0 Å². The summed E-state index contributed by atoms with van der Waals surface area (Å²) in [6.07, 6.45) is 2.21. The third-order valence-corrected chi connectivity index (χ3v) is 2.70. The molecule has 0 heterocycles. The van der Waals surface area contributed by atoms with Crippen LogP contribution in [0.25, 0.3) is 0 Å². The summed E-state index contributed by atoms with van der Waals surface area (Å²) in [5.41, 5.74) is 7.08. The van der Waals surface area contributed by atoms with E-state index in [0.29, 0.717) is 5.56 Å². The van der Waals surface area contributed by atoms with Crippen LogP contribution in [0.2, 0.25) is 0 Å². The van der Waals surface area contributed by atoms with Gasteiger partial charge in [-0.05, 0) is 24.6 Å². The number of hydrogen-bond donors (Lipinski definition) is 1. The molecule has 16 heavy (non-hydrogen) atoms. The normalized spacial score (nSPS) is 10.2. The third-order valence-electron chi connectivity index (χ3n) is 2.48. The first-order chi connectivity index (χ1) is 7.56. The van der Waals surface area contributed by atoms with Crippen LogP contribution in [-0.4, -0.2) is 18.6 Å². The summed E-state index contributed by atoms with van der Waals surface area (Å²) in [6.45, 7) is 3.05. The quantitative estimate of drug-likeness (QED) is 0.802. The van der Waals surface area contributed by atoms with Crippen molar-refractivity contribution in [2.75, 3.05) is 18.5 Å². The number of hydrogen-bond acceptors (Lipinski definition) is 2. The molecular formula is C12H17FN2S. The zero-order valence-corrected chi connectivity index (χ0v) is 10.5. The molecule has 1 rings (SSSR count). The highest BCUT2D eigenvalue weighted by atomic mass is 32.1. The molecule has 2 nitrogen and oxygen atoms in total. The minimum Gasteiger partial charge on any atom is -0.389 e. The van der Waals surface area contributed by atoms with Gasteiger partial charge in [0.15, 0.2) is 0 Å². The first-order valence-electron chi connectivity index (χ1n) is 5.36. The summed E-state index contributed by atoms with van der Waals surface area (Å²) in [5, 5.41) is 0. The van der Waals surface area contributed by atoms with E-state index in [1.165, 1.54) is 12.1 Å². The predicted molar refractivity (Wildman–Crippen MR) is 70.5 cm³/mol.